The minimum Gasteiger partial charge on any atom is -0.367 e. The summed E-state index contributed by atoms with van der Waals surface area (Å²) >= 11 is 0. The summed E-state index contributed by atoms with van der Waals surface area (Å²) in [6.07, 6.45) is 3.13. The molecule has 170 valence electrons. The summed E-state index contributed by atoms with van der Waals surface area (Å²) in [6.45, 7) is 1.16. The Labute approximate surface area is 192 Å². The van der Waals surface area contributed by atoms with Gasteiger partial charge in [-0.3, -0.25) is 14.4 Å². The zero-order valence-corrected chi connectivity index (χ0v) is 18.4. The lowest BCUT2D eigenvalue weighted by atomic mass is 10.0. The average molecular weight is 447 g/mol. The van der Waals surface area contributed by atoms with Crippen LogP contribution >= 0.6 is 0 Å². The largest absolute Gasteiger partial charge is 0.367 e. The molecule has 0 radical (unpaired) electrons. The highest BCUT2D eigenvalue weighted by Gasteiger charge is 2.27. The van der Waals surface area contributed by atoms with Crippen molar-refractivity contribution in [3.63, 3.8) is 0 Å². The lowest BCUT2D eigenvalue weighted by molar-refractivity contribution is -0.126. The Kier molecular flexibility index (Phi) is 6.95. The van der Waals surface area contributed by atoms with Gasteiger partial charge in [-0.15, -0.1) is 0 Å². The van der Waals surface area contributed by atoms with Crippen molar-refractivity contribution in [2.45, 2.75) is 25.0 Å². The summed E-state index contributed by atoms with van der Waals surface area (Å²) in [4.78, 5) is 38.3. The summed E-state index contributed by atoms with van der Waals surface area (Å²) in [7, 11) is 1.51. The molecule has 8 nitrogen and oxygen atoms in total. The van der Waals surface area contributed by atoms with Crippen molar-refractivity contribution in [2.24, 2.45) is 0 Å². The first-order valence-corrected chi connectivity index (χ1v) is 10.9. The maximum Gasteiger partial charge on any atom is 0.259 e. The van der Waals surface area contributed by atoms with E-state index in [0.717, 1.165) is 24.7 Å². The van der Waals surface area contributed by atoms with Crippen molar-refractivity contribution < 1.29 is 19.1 Å². The summed E-state index contributed by atoms with van der Waals surface area (Å²) in [5, 5.41) is 7.36. The van der Waals surface area contributed by atoms with E-state index in [-0.39, 0.29) is 17.9 Å². The molecule has 0 spiro atoms. The lowest BCUT2D eigenvalue weighted by Gasteiger charge is -2.33. The molecule has 1 saturated heterocycles. The van der Waals surface area contributed by atoms with Crippen molar-refractivity contribution in [1.82, 2.24) is 14.7 Å². The Hall–Kier alpha value is -3.78. The van der Waals surface area contributed by atoms with E-state index in [1.54, 1.807) is 36.5 Å². The van der Waals surface area contributed by atoms with E-state index in [4.69, 9.17) is 4.74 Å². The second-order valence-corrected chi connectivity index (χ2v) is 7.94. The number of piperidine rings is 1. The van der Waals surface area contributed by atoms with E-state index < -0.39 is 6.10 Å². The van der Waals surface area contributed by atoms with Gasteiger partial charge < -0.3 is 15.0 Å². The van der Waals surface area contributed by atoms with Crippen LogP contribution < -0.4 is 5.32 Å². The van der Waals surface area contributed by atoms with Crippen LogP contribution in [0.3, 0.4) is 0 Å². The van der Waals surface area contributed by atoms with Crippen molar-refractivity contribution in [2.75, 3.05) is 25.5 Å². The molecular weight excluding hydrogens is 420 g/mol. The van der Waals surface area contributed by atoms with Gasteiger partial charge in [-0.2, -0.15) is 5.10 Å². The lowest BCUT2D eigenvalue weighted by Crippen LogP contribution is -2.39. The fourth-order valence-corrected chi connectivity index (χ4v) is 4.12. The average Bonchev–Trinajstić information content (AvgIpc) is 3.33. The maximum atomic E-state index is 12.9. The second kappa shape index (κ2) is 10.2. The molecule has 8 heteroatoms. The van der Waals surface area contributed by atoms with E-state index in [1.807, 2.05) is 39.9 Å². The number of hydrogen-bond donors (Lipinski definition) is 1. The number of carbonyl (C=O) groups is 3. The normalized spacial score (nSPS) is 15.1. The van der Waals surface area contributed by atoms with Crippen molar-refractivity contribution in [3.05, 3.63) is 83.6 Å². The van der Waals surface area contributed by atoms with Crippen LogP contribution in [0.4, 0.5) is 5.82 Å². The summed E-state index contributed by atoms with van der Waals surface area (Å²) in [5.74, 6) is 0.287. The highest BCUT2D eigenvalue weighted by molar-refractivity contribution is 5.95. The van der Waals surface area contributed by atoms with E-state index in [1.165, 1.54) is 7.11 Å². The SMILES string of the molecule is CO[C@@H](C(=O)Nc1ccnn1C1CCN(C(=O)c2ccc(C=O)cc2)CC1)c1ccccc1. The van der Waals surface area contributed by atoms with Gasteiger partial charge in [0.1, 0.15) is 12.1 Å². The van der Waals surface area contributed by atoms with E-state index in [0.29, 0.717) is 30.0 Å². The number of rotatable bonds is 7. The molecule has 1 aliphatic rings. The van der Waals surface area contributed by atoms with Crippen LogP contribution in [0.25, 0.3) is 0 Å². The molecule has 2 aromatic carbocycles. The summed E-state index contributed by atoms with van der Waals surface area (Å²) < 4.78 is 7.24. The number of carbonyl (C=O) groups excluding carboxylic acids is 3. The van der Waals surface area contributed by atoms with Crippen LogP contribution in [0.15, 0.2) is 66.9 Å². The molecule has 1 atom stereocenters. The highest BCUT2D eigenvalue weighted by atomic mass is 16.5. The third-order valence-electron chi connectivity index (χ3n) is 5.89. The minimum absolute atomic E-state index is 0.0503. The zero-order chi connectivity index (χ0) is 23.2. The van der Waals surface area contributed by atoms with Crippen LogP contribution in [0.5, 0.6) is 0 Å². The quantitative estimate of drug-likeness (QED) is 0.561. The molecule has 2 heterocycles. The zero-order valence-electron chi connectivity index (χ0n) is 18.4. The predicted octanol–water partition coefficient (Wildman–Crippen LogP) is 3.50. The first-order chi connectivity index (χ1) is 16.1. The van der Waals surface area contributed by atoms with Crippen LogP contribution in [-0.2, 0) is 9.53 Å². The Bertz CT molecular complexity index is 1100. The number of nitrogens with zero attached hydrogens (tertiary/aromatic N) is 3. The molecule has 1 aromatic heterocycles. The molecule has 0 bridgehead atoms. The van der Waals surface area contributed by atoms with Gasteiger partial charge in [0.05, 0.1) is 12.2 Å². The van der Waals surface area contributed by atoms with Gasteiger partial charge in [-0.05, 0) is 30.5 Å². The third kappa shape index (κ3) is 5.01. The van der Waals surface area contributed by atoms with Gasteiger partial charge in [0, 0.05) is 37.4 Å². The number of ether oxygens (including phenoxy) is 1. The molecule has 3 aromatic rings. The number of methoxy groups -OCH3 is 1. The van der Waals surface area contributed by atoms with Gasteiger partial charge in [0.25, 0.3) is 11.8 Å². The van der Waals surface area contributed by atoms with Crippen molar-refractivity contribution in [3.8, 4) is 0 Å². The fraction of sp³-hybridized carbons (Fsp3) is 0.280. The number of amides is 2. The number of nitrogens with one attached hydrogen (secondary N) is 1. The third-order valence-corrected chi connectivity index (χ3v) is 5.89. The number of aldehydes is 1. The van der Waals surface area contributed by atoms with Crippen LogP contribution in [0.1, 0.15) is 51.3 Å². The standard InChI is InChI=1S/C25H26N4O4/c1-33-23(19-5-3-2-4-6-19)24(31)27-22-11-14-26-29(22)21-12-15-28(16-13-21)25(32)20-9-7-18(17-30)8-10-20/h2-11,14,17,21,23H,12-13,15-16H2,1H3,(H,27,31)/t23-/m1/s1. The maximum absolute atomic E-state index is 12.9. The molecule has 0 saturated carbocycles. The number of anilines is 1. The Balaban J connectivity index is 1.39. The van der Waals surface area contributed by atoms with E-state index in [2.05, 4.69) is 10.4 Å². The molecule has 33 heavy (non-hydrogen) atoms. The molecule has 1 aliphatic heterocycles. The van der Waals surface area contributed by atoms with Gasteiger partial charge in [0.2, 0.25) is 0 Å². The molecule has 2 amide bonds. The smallest absolute Gasteiger partial charge is 0.259 e. The van der Waals surface area contributed by atoms with Gasteiger partial charge in [-0.25, -0.2) is 4.68 Å². The Morgan fingerprint density at radius 1 is 1.06 bits per heavy atom. The van der Waals surface area contributed by atoms with Gasteiger partial charge >= 0.3 is 0 Å². The number of benzene rings is 2. The molecule has 1 N–H and O–H groups in total. The van der Waals surface area contributed by atoms with Crippen molar-refractivity contribution in [1.29, 1.82) is 0 Å². The van der Waals surface area contributed by atoms with Crippen LogP contribution in [0, 0.1) is 0 Å². The fourth-order valence-electron chi connectivity index (χ4n) is 4.12. The minimum atomic E-state index is -0.723. The molecule has 4 rings (SSSR count). The van der Waals surface area contributed by atoms with Crippen molar-refractivity contribution >= 4 is 23.9 Å². The first kappa shape index (κ1) is 22.4. The van der Waals surface area contributed by atoms with Gasteiger partial charge in [-0.1, -0.05) is 42.5 Å². The first-order valence-electron chi connectivity index (χ1n) is 10.9. The highest BCUT2D eigenvalue weighted by Crippen LogP contribution is 2.27. The van der Waals surface area contributed by atoms with E-state index >= 15 is 0 Å². The number of likely N-dealkylation sites (tertiary alicyclic amines) is 1. The predicted molar refractivity (Wildman–Crippen MR) is 123 cm³/mol. The molecule has 0 unspecified atom stereocenters. The Morgan fingerprint density at radius 3 is 2.39 bits per heavy atom. The Morgan fingerprint density at radius 2 is 1.76 bits per heavy atom. The number of aromatic nitrogens is 2. The van der Waals surface area contributed by atoms with E-state index in [9.17, 15) is 14.4 Å². The summed E-state index contributed by atoms with van der Waals surface area (Å²) in [5.41, 5.74) is 1.88. The van der Waals surface area contributed by atoms with Crippen LogP contribution in [0.2, 0.25) is 0 Å². The van der Waals surface area contributed by atoms with Crippen LogP contribution in [-0.4, -0.2) is 53.0 Å². The monoisotopic (exact) mass is 446 g/mol. The topological polar surface area (TPSA) is 93.5 Å². The summed E-state index contributed by atoms with van der Waals surface area (Å²) in [6, 6.07) is 17.8. The second-order valence-electron chi connectivity index (χ2n) is 7.94. The number of hydrogen-bond acceptors (Lipinski definition) is 5. The molecular formula is C25H26N4O4. The van der Waals surface area contributed by atoms with Gasteiger partial charge in [0.15, 0.2) is 6.10 Å². The molecule has 1 fully saturated rings. The molecule has 0 aliphatic carbocycles.